The molecule has 204 valence electrons. The van der Waals surface area contributed by atoms with Gasteiger partial charge in [-0.05, 0) is 52.6 Å². The number of nitrogen functional groups attached to an aromatic ring is 2. The van der Waals surface area contributed by atoms with Crippen LogP contribution in [0.5, 0.6) is 0 Å². The van der Waals surface area contributed by atoms with Crippen molar-refractivity contribution in [1.82, 2.24) is 20.2 Å². The zero-order chi connectivity index (χ0) is 27.7. The third-order valence-corrected chi connectivity index (χ3v) is 7.29. The number of nitrogens with zero attached hydrogens (tertiary/aromatic N) is 4. The number of halogens is 1. The van der Waals surface area contributed by atoms with E-state index >= 15 is 0 Å². The first kappa shape index (κ1) is 28.8. The Balaban J connectivity index is 1.67. The summed E-state index contributed by atoms with van der Waals surface area (Å²) in [5, 5.41) is 3.08. The van der Waals surface area contributed by atoms with Crippen molar-refractivity contribution in [3.05, 3.63) is 46.2 Å². The van der Waals surface area contributed by atoms with E-state index in [1.165, 1.54) is 12.7 Å². The number of esters is 1. The molecule has 1 aliphatic heterocycles. The number of aromatic nitrogens is 2. The average molecular weight is 589 g/mol. The fourth-order valence-corrected chi connectivity index (χ4v) is 4.61. The molecule has 0 radical (unpaired) electrons. The van der Waals surface area contributed by atoms with Crippen LogP contribution in [-0.2, 0) is 20.7 Å². The lowest BCUT2D eigenvalue weighted by Gasteiger charge is -2.42. The van der Waals surface area contributed by atoms with Gasteiger partial charge in [-0.15, -0.1) is 0 Å². The molecule has 1 fully saturated rings. The number of nitrogens with one attached hydrogen (secondary N) is 1. The Morgan fingerprint density at radius 3 is 2.45 bits per heavy atom. The van der Waals surface area contributed by atoms with Crippen LogP contribution in [0, 0.1) is 5.41 Å². The van der Waals surface area contributed by atoms with Crippen molar-refractivity contribution in [3.8, 4) is 0 Å². The van der Waals surface area contributed by atoms with Gasteiger partial charge in [0.1, 0.15) is 4.60 Å². The molecule has 1 saturated heterocycles. The predicted molar refractivity (Wildman–Crippen MR) is 147 cm³/mol. The number of ether oxygens (including phenoxy) is 1. The molecule has 0 saturated carbocycles. The number of piperidine rings is 1. The van der Waals surface area contributed by atoms with E-state index in [-0.39, 0.29) is 52.1 Å². The topological polar surface area (TPSA) is 192 Å². The zero-order valence-electron chi connectivity index (χ0n) is 21.3. The number of carbonyl (C=O) groups is 3. The molecule has 3 rings (SSSR count). The molecule has 0 spiro atoms. The standard InChI is InChI=1S/C25H33BrN8O4/c1-38-18(36)8-7-17(35)34-13-11-25(12-14-34,10-9-16-5-3-2-4-6-16)15-30-24(29)33-23(37)19-21(27)32-22(28)20(26)31-19/h2-6H,7-15H2,1H3,(H4,27,28,32)(H3,29,30,33,37). The number of likely N-dealkylation sites (tertiary alicyclic amines) is 1. The molecule has 12 nitrogen and oxygen atoms in total. The quantitative estimate of drug-likeness (QED) is 0.190. The minimum absolute atomic E-state index is 0.0598. The van der Waals surface area contributed by atoms with Gasteiger partial charge in [-0.25, -0.2) is 9.97 Å². The minimum atomic E-state index is -0.745. The molecule has 2 aromatic rings. The number of hydrogen-bond donors (Lipinski definition) is 4. The Hall–Kier alpha value is -3.74. The molecule has 7 N–H and O–H groups in total. The van der Waals surface area contributed by atoms with Crippen LogP contribution >= 0.6 is 15.9 Å². The predicted octanol–water partition coefficient (Wildman–Crippen LogP) is 1.64. The molecular formula is C25H33BrN8O4. The van der Waals surface area contributed by atoms with E-state index in [4.69, 9.17) is 17.2 Å². The second kappa shape index (κ2) is 13.2. The Labute approximate surface area is 229 Å². The minimum Gasteiger partial charge on any atom is -0.469 e. The fraction of sp³-hybridized carbons (Fsp3) is 0.440. The number of carbonyl (C=O) groups excluding carboxylic acids is 3. The molecule has 0 bridgehead atoms. The fourth-order valence-electron chi connectivity index (χ4n) is 4.35. The van der Waals surface area contributed by atoms with E-state index in [2.05, 4.69) is 53.1 Å². The second-order valence-electron chi connectivity index (χ2n) is 9.23. The van der Waals surface area contributed by atoms with Crippen molar-refractivity contribution in [2.45, 2.75) is 38.5 Å². The van der Waals surface area contributed by atoms with Crippen LogP contribution < -0.4 is 22.5 Å². The van der Waals surface area contributed by atoms with Crippen molar-refractivity contribution in [1.29, 1.82) is 0 Å². The van der Waals surface area contributed by atoms with Crippen molar-refractivity contribution in [3.63, 3.8) is 0 Å². The summed E-state index contributed by atoms with van der Waals surface area (Å²) in [4.78, 5) is 50.2. The summed E-state index contributed by atoms with van der Waals surface area (Å²) in [6.07, 6.45) is 3.33. The SMILES string of the molecule is COC(=O)CCC(=O)N1CCC(CCc2ccccc2)(CN/C(N)=N/C(=O)c2nc(Br)c(N)nc2N)CC1. The van der Waals surface area contributed by atoms with Gasteiger partial charge in [-0.3, -0.25) is 14.4 Å². The van der Waals surface area contributed by atoms with E-state index in [1.807, 2.05) is 18.2 Å². The van der Waals surface area contributed by atoms with Gasteiger partial charge in [-0.1, -0.05) is 30.3 Å². The van der Waals surface area contributed by atoms with Crippen LogP contribution in [0.3, 0.4) is 0 Å². The number of nitrogens with two attached hydrogens (primary N) is 3. The smallest absolute Gasteiger partial charge is 0.306 e. The molecule has 0 atom stereocenters. The molecule has 2 heterocycles. The average Bonchev–Trinajstić information content (AvgIpc) is 2.92. The molecular weight excluding hydrogens is 556 g/mol. The molecule has 38 heavy (non-hydrogen) atoms. The van der Waals surface area contributed by atoms with Gasteiger partial charge in [-0.2, -0.15) is 4.99 Å². The monoisotopic (exact) mass is 588 g/mol. The van der Waals surface area contributed by atoms with E-state index in [9.17, 15) is 14.4 Å². The lowest BCUT2D eigenvalue weighted by Crippen LogP contribution is -2.49. The lowest BCUT2D eigenvalue weighted by molar-refractivity contribution is -0.144. The lowest BCUT2D eigenvalue weighted by atomic mass is 9.74. The maximum Gasteiger partial charge on any atom is 0.306 e. The number of anilines is 2. The first-order valence-corrected chi connectivity index (χ1v) is 13.0. The largest absolute Gasteiger partial charge is 0.469 e. The highest BCUT2D eigenvalue weighted by atomic mass is 79.9. The van der Waals surface area contributed by atoms with Crippen molar-refractivity contribution in [2.24, 2.45) is 16.1 Å². The number of guanidine groups is 1. The summed E-state index contributed by atoms with van der Waals surface area (Å²) in [6, 6.07) is 10.1. The van der Waals surface area contributed by atoms with Crippen LogP contribution in [0.2, 0.25) is 0 Å². The Bertz CT molecular complexity index is 1180. The summed E-state index contributed by atoms with van der Waals surface area (Å²) in [5.74, 6) is -1.37. The maximum atomic E-state index is 12.6. The number of aryl methyl sites for hydroxylation is 1. The highest BCUT2D eigenvalue weighted by Crippen LogP contribution is 2.36. The number of amides is 2. The molecule has 1 aromatic carbocycles. The van der Waals surface area contributed by atoms with Crippen LogP contribution in [0.4, 0.5) is 11.6 Å². The van der Waals surface area contributed by atoms with Crippen LogP contribution in [0.15, 0.2) is 39.9 Å². The van der Waals surface area contributed by atoms with Gasteiger partial charge >= 0.3 is 11.9 Å². The molecule has 0 unspecified atom stereocenters. The first-order valence-electron chi connectivity index (χ1n) is 12.2. The molecule has 1 aliphatic rings. The maximum absolute atomic E-state index is 12.6. The first-order chi connectivity index (χ1) is 18.1. The van der Waals surface area contributed by atoms with Gasteiger partial charge in [0.05, 0.1) is 13.5 Å². The summed E-state index contributed by atoms with van der Waals surface area (Å²) in [5.41, 5.74) is 18.3. The van der Waals surface area contributed by atoms with Crippen LogP contribution in [0.1, 0.15) is 48.2 Å². The molecule has 1 aromatic heterocycles. The van der Waals surface area contributed by atoms with Gasteiger partial charge < -0.3 is 32.2 Å². The molecule has 13 heteroatoms. The van der Waals surface area contributed by atoms with E-state index < -0.39 is 11.9 Å². The van der Waals surface area contributed by atoms with E-state index in [0.717, 1.165) is 25.7 Å². The highest BCUT2D eigenvalue weighted by Gasteiger charge is 2.36. The third kappa shape index (κ3) is 7.88. The second-order valence-corrected chi connectivity index (χ2v) is 9.98. The number of hydrogen-bond acceptors (Lipinski definition) is 8. The van der Waals surface area contributed by atoms with Crippen LogP contribution in [-0.4, -0.2) is 65.4 Å². The van der Waals surface area contributed by atoms with Gasteiger partial charge in [0.15, 0.2) is 23.3 Å². The highest BCUT2D eigenvalue weighted by molar-refractivity contribution is 9.10. The summed E-state index contributed by atoms with van der Waals surface area (Å²) >= 11 is 3.12. The number of methoxy groups -OCH3 is 1. The van der Waals surface area contributed by atoms with Crippen LogP contribution in [0.25, 0.3) is 0 Å². The zero-order valence-corrected chi connectivity index (χ0v) is 22.9. The Kier molecular flexibility index (Phi) is 9.99. The van der Waals surface area contributed by atoms with Crippen molar-refractivity contribution < 1.29 is 19.1 Å². The molecule has 0 aliphatic carbocycles. The number of benzene rings is 1. The summed E-state index contributed by atoms with van der Waals surface area (Å²) < 4.78 is 4.82. The number of aliphatic imine (C=N–C) groups is 1. The molecule has 2 amide bonds. The summed E-state index contributed by atoms with van der Waals surface area (Å²) in [7, 11) is 1.31. The Morgan fingerprint density at radius 1 is 1.11 bits per heavy atom. The normalized spacial score (nSPS) is 15.1. The van der Waals surface area contributed by atoms with E-state index in [1.54, 1.807) is 4.90 Å². The van der Waals surface area contributed by atoms with Crippen molar-refractivity contribution in [2.75, 3.05) is 38.2 Å². The van der Waals surface area contributed by atoms with E-state index in [0.29, 0.717) is 19.6 Å². The Morgan fingerprint density at radius 2 is 1.79 bits per heavy atom. The van der Waals surface area contributed by atoms with Gasteiger partial charge in [0.2, 0.25) is 5.91 Å². The summed E-state index contributed by atoms with van der Waals surface area (Å²) in [6.45, 7) is 1.56. The number of rotatable bonds is 9. The van der Waals surface area contributed by atoms with Gasteiger partial charge in [0.25, 0.3) is 0 Å². The van der Waals surface area contributed by atoms with Crippen molar-refractivity contribution >= 4 is 51.3 Å². The third-order valence-electron chi connectivity index (χ3n) is 6.71. The van der Waals surface area contributed by atoms with Gasteiger partial charge in [0, 0.05) is 26.1 Å².